The fourth-order valence-electron chi connectivity index (χ4n) is 1.81. The molecule has 2 aromatic carbocycles. The van der Waals surface area contributed by atoms with Crippen molar-refractivity contribution in [3.8, 4) is 0 Å². The zero-order chi connectivity index (χ0) is 14.3. The van der Waals surface area contributed by atoms with E-state index in [1.54, 1.807) is 11.3 Å². The van der Waals surface area contributed by atoms with Crippen molar-refractivity contribution in [3.05, 3.63) is 82.6 Å². The third kappa shape index (κ3) is 3.97. The van der Waals surface area contributed by atoms with Crippen LogP contribution in [0.3, 0.4) is 0 Å². The first-order chi connectivity index (χ1) is 10.4. The molecule has 0 atom stereocenters. The van der Waals surface area contributed by atoms with E-state index in [2.05, 4.69) is 22.1 Å². The van der Waals surface area contributed by atoms with E-state index in [9.17, 15) is 0 Å². The van der Waals surface area contributed by atoms with Crippen molar-refractivity contribution in [2.24, 2.45) is 9.98 Å². The summed E-state index contributed by atoms with van der Waals surface area (Å²) < 4.78 is 0. The predicted molar refractivity (Wildman–Crippen MR) is 91.7 cm³/mol. The number of thiophene rings is 1. The van der Waals surface area contributed by atoms with Crippen LogP contribution in [0, 0.1) is 0 Å². The van der Waals surface area contributed by atoms with Gasteiger partial charge in [0.15, 0.2) is 0 Å². The first kappa shape index (κ1) is 13.5. The van der Waals surface area contributed by atoms with Gasteiger partial charge in [0.1, 0.15) is 0 Å². The number of benzene rings is 2. The lowest BCUT2D eigenvalue weighted by molar-refractivity contribution is 1.54. The Bertz CT molecular complexity index is 679. The van der Waals surface area contributed by atoms with E-state index in [-0.39, 0.29) is 0 Å². The highest BCUT2D eigenvalue weighted by Gasteiger charge is 1.95. The molecule has 0 aliphatic heterocycles. The molecule has 3 rings (SSSR count). The summed E-state index contributed by atoms with van der Waals surface area (Å²) in [5.41, 5.74) is 1.93. The summed E-state index contributed by atoms with van der Waals surface area (Å²) in [4.78, 5) is 11.1. The Hall–Kier alpha value is -2.52. The van der Waals surface area contributed by atoms with E-state index in [1.807, 2.05) is 73.1 Å². The lowest BCUT2D eigenvalue weighted by Gasteiger charge is -1.90. The fraction of sp³-hybridized carbons (Fsp3) is 0. The minimum atomic E-state index is 0.963. The molecule has 1 aromatic heterocycles. The van der Waals surface area contributed by atoms with Crippen molar-refractivity contribution in [1.29, 1.82) is 0 Å². The topological polar surface area (TPSA) is 24.7 Å². The van der Waals surface area contributed by atoms with E-state index >= 15 is 0 Å². The average molecular weight is 290 g/mol. The van der Waals surface area contributed by atoms with Gasteiger partial charge in [-0.15, -0.1) is 11.3 Å². The molecule has 0 unspecified atom stereocenters. The lowest BCUT2D eigenvalue weighted by Crippen LogP contribution is -1.72. The number of nitrogens with zero attached hydrogens (tertiary/aromatic N) is 2. The minimum Gasteiger partial charge on any atom is -0.255 e. The quantitative estimate of drug-likeness (QED) is 0.586. The molecule has 0 fully saturated rings. The second-order valence-electron chi connectivity index (χ2n) is 4.43. The van der Waals surface area contributed by atoms with E-state index in [4.69, 9.17) is 0 Å². The standard InChI is InChI=1S/C18H14N2S/c1-3-7-15(8-4-1)19-13-17-11-12-18(21-17)14-20-16-9-5-2-6-10-16/h1-14H/b19-13+,20-14+. The van der Waals surface area contributed by atoms with Gasteiger partial charge in [-0.05, 0) is 36.4 Å². The van der Waals surface area contributed by atoms with Crippen LogP contribution >= 0.6 is 11.3 Å². The van der Waals surface area contributed by atoms with E-state index < -0.39 is 0 Å². The van der Waals surface area contributed by atoms with Crippen LogP contribution in [0.1, 0.15) is 9.75 Å². The van der Waals surface area contributed by atoms with Crippen molar-refractivity contribution in [2.75, 3.05) is 0 Å². The summed E-state index contributed by atoms with van der Waals surface area (Å²) in [7, 11) is 0. The monoisotopic (exact) mass is 290 g/mol. The van der Waals surface area contributed by atoms with Crippen molar-refractivity contribution < 1.29 is 0 Å². The van der Waals surface area contributed by atoms with E-state index in [1.165, 1.54) is 0 Å². The van der Waals surface area contributed by atoms with Crippen LogP contribution in [0.5, 0.6) is 0 Å². The number of hydrogen-bond donors (Lipinski definition) is 0. The van der Waals surface area contributed by atoms with Crippen LogP contribution in [0.4, 0.5) is 11.4 Å². The fourth-order valence-corrected chi connectivity index (χ4v) is 2.57. The molecule has 0 radical (unpaired) electrons. The Balaban J connectivity index is 1.69. The van der Waals surface area contributed by atoms with Crippen molar-refractivity contribution in [3.63, 3.8) is 0 Å². The summed E-state index contributed by atoms with van der Waals surface area (Å²) in [6.45, 7) is 0. The molecular formula is C18H14N2S. The van der Waals surface area contributed by atoms with Gasteiger partial charge in [0.2, 0.25) is 0 Å². The first-order valence-electron chi connectivity index (χ1n) is 6.68. The van der Waals surface area contributed by atoms with Gasteiger partial charge in [0.25, 0.3) is 0 Å². The molecule has 1 heterocycles. The Morgan fingerprint density at radius 3 is 1.43 bits per heavy atom. The van der Waals surface area contributed by atoms with Gasteiger partial charge in [0.05, 0.1) is 11.4 Å². The Morgan fingerprint density at radius 1 is 0.571 bits per heavy atom. The Morgan fingerprint density at radius 2 is 1.00 bits per heavy atom. The molecule has 2 nitrogen and oxygen atoms in total. The van der Waals surface area contributed by atoms with Gasteiger partial charge in [-0.2, -0.15) is 0 Å². The number of aliphatic imine (C=N–C) groups is 2. The SMILES string of the molecule is C(=N\c1ccccc1)/c1ccc(/C=N/c2ccccc2)s1. The Labute approximate surface area is 128 Å². The predicted octanol–water partition coefficient (Wildman–Crippen LogP) is 5.25. The van der Waals surface area contributed by atoms with Gasteiger partial charge in [0, 0.05) is 22.2 Å². The van der Waals surface area contributed by atoms with E-state index in [0.29, 0.717) is 0 Å². The van der Waals surface area contributed by atoms with Crippen molar-refractivity contribution in [1.82, 2.24) is 0 Å². The van der Waals surface area contributed by atoms with Crippen LogP contribution < -0.4 is 0 Å². The normalized spacial score (nSPS) is 11.4. The van der Waals surface area contributed by atoms with Crippen LogP contribution in [-0.4, -0.2) is 12.4 Å². The van der Waals surface area contributed by atoms with E-state index in [0.717, 1.165) is 21.1 Å². The molecule has 3 heteroatoms. The summed E-state index contributed by atoms with van der Waals surface area (Å²) in [5.74, 6) is 0. The third-order valence-electron chi connectivity index (χ3n) is 2.84. The summed E-state index contributed by atoms with van der Waals surface area (Å²) in [6.07, 6.45) is 3.78. The highest BCUT2D eigenvalue weighted by atomic mass is 32.1. The van der Waals surface area contributed by atoms with Gasteiger partial charge < -0.3 is 0 Å². The van der Waals surface area contributed by atoms with Crippen LogP contribution in [-0.2, 0) is 0 Å². The molecule has 0 saturated carbocycles. The highest BCUT2D eigenvalue weighted by Crippen LogP contribution is 2.17. The molecule has 0 amide bonds. The molecule has 0 bridgehead atoms. The molecular weight excluding hydrogens is 276 g/mol. The van der Waals surface area contributed by atoms with Crippen molar-refractivity contribution >= 4 is 35.1 Å². The zero-order valence-corrected chi connectivity index (χ0v) is 12.2. The second kappa shape index (κ2) is 6.77. The highest BCUT2D eigenvalue weighted by molar-refractivity contribution is 7.15. The number of para-hydroxylation sites is 2. The van der Waals surface area contributed by atoms with Gasteiger partial charge in [-0.25, -0.2) is 0 Å². The molecule has 0 spiro atoms. The maximum atomic E-state index is 4.45. The van der Waals surface area contributed by atoms with Crippen LogP contribution in [0.15, 0.2) is 82.8 Å². The molecule has 0 aliphatic carbocycles. The van der Waals surface area contributed by atoms with Gasteiger partial charge in [-0.3, -0.25) is 9.98 Å². The summed E-state index contributed by atoms with van der Waals surface area (Å²) in [6, 6.07) is 24.0. The third-order valence-corrected chi connectivity index (χ3v) is 3.80. The van der Waals surface area contributed by atoms with Crippen LogP contribution in [0.2, 0.25) is 0 Å². The lowest BCUT2D eigenvalue weighted by atomic mass is 10.3. The smallest absolute Gasteiger partial charge is 0.0630 e. The molecule has 0 aliphatic rings. The maximum absolute atomic E-state index is 4.45. The van der Waals surface area contributed by atoms with Crippen molar-refractivity contribution in [2.45, 2.75) is 0 Å². The first-order valence-corrected chi connectivity index (χ1v) is 7.50. The zero-order valence-electron chi connectivity index (χ0n) is 11.4. The van der Waals surface area contributed by atoms with Gasteiger partial charge in [-0.1, -0.05) is 36.4 Å². The Kier molecular flexibility index (Phi) is 4.34. The molecule has 3 aromatic rings. The second-order valence-corrected chi connectivity index (χ2v) is 5.57. The van der Waals surface area contributed by atoms with Gasteiger partial charge >= 0.3 is 0 Å². The average Bonchev–Trinajstić information content (AvgIpc) is 3.01. The molecule has 0 N–H and O–H groups in total. The van der Waals surface area contributed by atoms with Crippen LogP contribution in [0.25, 0.3) is 0 Å². The maximum Gasteiger partial charge on any atom is 0.0630 e. The molecule has 0 saturated heterocycles. The molecule has 102 valence electrons. The largest absolute Gasteiger partial charge is 0.255 e. The number of hydrogen-bond acceptors (Lipinski definition) is 3. The summed E-state index contributed by atoms with van der Waals surface area (Å²) >= 11 is 1.67. The molecule has 21 heavy (non-hydrogen) atoms. The summed E-state index contributed by atoms with van der Waals surface area (Å²) in [5, 5.41) is 0. The number of rotatable bonds is 4. The minimum absolute atomic E-state index is 0.963.